The van der Waals surface area contributed by atoms with Crippen molar-refractivity contribution in [3.63, 3.8) is 0 Å². The van der Waals surface area contributed by atoms with Crippen LogP contribution in [0.2, 0.25) is 5.15 Å². The van der Waals surface area contributed by atoms with Crippen LogP contribution < -0.4 is 5.32 Å². The zero-order valence-electron chi connectivity index (χ0n) is 10.9. The van der Waals surface area contributed by atoms with Crippen molar-refractivity contribution in [1.29, 1.82) is 0 Å². The average Bonchev–Trinajstić information content (AvgIpc) is 2.34. The summed E-state index contributed by atoms with van der Waals surface area (Å²) >= 11 is 6.01. The number of halogens is 1. The molecule has 0 atom stereocenters. The minimum absolute atomic E-state index is 0.224. The molecule has 0 aromatic carbocycles. The number of nitrogens with one attached hydrogen (secondary N) is 1. The number of carbonyl (C=O) groups is 1. The zero-order valence-corrected chi connectivity index (χ0v) is 11.7. The number of ether oxygens (including phenoxy) is 1. The summed E-state index contributed by atoms with van der Waals surface area (Å²) in [4.78, 5) is 19.7. The van der Waals surface area contributed by atoms with Gasteiger partial charge < -0.3 is 10.1 Å². The third-order valence-corrected chi connectivity index (χ3v) is 2.74. The van der Waals surface area contributed by atoms with E-state index < -0.39 is 0 Å². The number of anilines is 1. The topological polar surface area (TPSA) is 64.1 Å². The van der Waals surface area contributed by atoms with E-state index in [2.05, 4.69) is 15.3 Å². The fourth-order valence-electron chi connectivity index (χ4n) is 1.38. The number of aromatic nitrogens is 2. The standard InChI is InChI=1S/C12H18ClN3O2/c1-4-9-15-11(13)8(3)12(16-9)14-7-6-10(17)18-5-2/h4-7H2,1-3H3,(H,14,15,16). The highest BCUT2D eigenvalue weighted by Gasteiger charge is 2.09. The van der Waals surface area contributed by atoms with E-state index in [4.69, 9.17) is 16.3 Å². The molecule has 1 aromatic rings. The van der Waals surface area contributed by atoms with Crippen molar-refractivity contribution in [2.75, 3.05) is 18.5 Å². The number of aryl methyl sites for hydroxylation is 1. The quantitative estimate of drug-likeness (QED) is 0.636. The molecule has 18 heavy (non-hydrogen) atoms. The highest BCUT2D eigenvalue weighted by Crippen LogP contribution is 2.19. The van der Waals surface area contributed by atoms with Gasteiger partial charge in [0.15, 0.2) is 0 Å². The van der Waals surface area contributed by atoms with Gasteiger partial charge in [-0.15, -0.1) is 0 Å². The molecule has 0 saturated heterocycles. The Morgan fingerprint density at radius 1 is 1.39 bits per heavy atom. The molecule has 1 N–H and O–H groups in total. The van der Waals surface area contributed by atoms with Gasteiger partial charge in [0.2, 0.25) is 0 Å². The van der Waals surface area contributed by atoms with Crippen molar-refractivity contribution in [2.45, 2.75) is 33.6 Å². The van der Waals surface area contributed by atoms with Crippen LogP contribution in [-0.2, 0) is 16.0 Å². The molecule has 0 radical (unpaired) electrons. The summed E-state index contributed by atoms with van der Waals surface area (Å²) in [7, 11) is 0. The highest BCUT2D eigenvalue weighted by atomic mass is 35.5. The molecule has 0 saturated carbocycles. The monoisotopic (exact) mass is 271 g/mol. The Labute approximate surface area is 112 Å². The van der Waals surface area contributed by atoms with Gasteiger partial charge in [-0.05, 0) is 13.8 Å². The lowest BCUT2D eigenvalue weighted by Gasteiger charge is -2.10. The summed E-state index contributed by atoms with van der Waals surface area (Å²) in [6, 6.07) is 0. The molecular formula is C12H18ClN3O2. The number of nitrogens with zero attached hydrogens (tertiary/aromatic N) is 2. The average molecular weight is 272 g/mol. The molecular weight excluding hydrogens is 254 g/mol. The highest BCUT2D eigenvalue weighted by molar-refractivity contribution is 6.30. The SMILES string of the molecule is CCOC(=O)CCNc1nc(CC)nc(Cl)c1C. The van der Waals surface area contributed by atoms with E-state index >= 15 is 0 Å². The summed E-state index contributed by atoms with van der Waals surface area (Å²) < 4.78 is 4.84. The summed E-state index contributed by atoms with van der Waals surface area (Å²) in [6.45, 7) is 6.46. The predicted molar refractivity (Wildman–Crippen MR) is 70.9 cm³/mol. The lowest BCUT2D eigenvalue weighted by Crippen LogP contribution is -2.13. The van der Waals surface area contributed by atoms with Crippen molar-refractivity contribution in [2.24, 2.45) is 0 Å². The van der Waals surface area contributed by atoms with Crippen LogP contribution in [0.5, 0.6) is 0 Å². The number of esters is 1. The van der Waals surface area contributed by atoms with Crippen LogP contribution in [0.15, 0.2) is 0 Å². The molecule has 100 valence electrons. The minimum atomic E-state index is -0.224. The molecule has 1 rings (SSSR count). The van der Waals surface area contributed by atoms with Gasteiger partial charge >= 0.3 is 5.97 Å². The Morgan fingerprint density at radius 3 is 2.72 bits per heavy atom. The van der Waals surface area contributed by atoms with Crippen molar-refractivity contribution < 1.29 is 9.53 Å². The van der Waals surface area contributed by atoms with Crippen LogP contribution in [0.4, 0.5) is 5.82 Å². The van der Waals surface area contributed by atoms with Crippen molar-refractivity contribution in [3.05, 3.63) is 16.5 Å². The van der Waals surface area contributed by atoms with Crippen LogP contribution in [0.25, 0.3) is 0 Å². The van der Waals surface area contributed by atoms with E-state index in [0.717, 1.165) is 5.56 Å². The normalized spacial score (nSPS) is 10.2. The minimum Gasteiger partial charge on any atom is -0.466 e. The van der Waals surface area contributed by atoms with Gasteiger partial charge in [-0.25, -0.2) is 9.97 Å². The van der Waals surface area contributed by atoms with Gasteiger partial charge in [0.05, 0.1) is 13.0 Å². The second-order valence-electron chi connectivity index (χ2n) is 3.74. The second kappa shape index (κ2) is 7.16. The summed E-state index contributed by atoms with van der Waals surface area (Å²) in [5.74, 6) is 1.14. The lowest BCUT2D eigenvalue weighted by atomic mass is 10.3. The van der Waals surface area contributed by atoms with E-state index in [1.165, 1.54) is 0 Å². The third-order valence-electron chi connectivity index (χ3n) is 2.38. The molecule has 0 aliphatic rings. The zero-order chi connectivity index (χ0) is 13.5. The maximum absolute atomic E-state index is 11.2. The van der Waals surface area contributed by atoms with E-state index in [9.17, 15) is 4.79 Å². The predicted octanol–water partition coefficient (Wildman–Crippen LogP) is 2.37. The second-order valence-corrected chi connectivity index (χ2v) is 4.10. The van der Waals surface area contributed by atoms with E-state index in [1.54, 1.807) is 6.92 Å². The smallest absolute Gasteiger partial charge is 0.307 e. The summed E-state index contributed by atoms with van der Waals surface area (Å²) in [5.41, 5.74) is 0.790. The van der Waals surface area contributed by atoms with Crippen LogP contribution in [0, 0.1) is 6.92 Å². The molecule has 0 aliphatic carbocycles. The number of hydrogen-bond donors (Lipinski definition) is 1. The van der Waals surface area contributed by atoms with Gasteiger partial charge in [-0.2, -0.15) is 0 Å². The van der Waals surface area contributed by atoms with E-state index in [0.29, 0.717) is 42.8 Å². The Bertz CT molecular complexity index is 424. The van der Waals surface area contributed by atoms with Crippen molar-refractivity contribution in [1.82, 2.24) is 9.97 Å². The van der Waals surface area contributed by atoms with Crippen LogP contribution >= 0.6 is 11.6 Å². The first kappa shape index (κ1) is 14.7. The first-order valence-corrected chi connectivity index (χ1v) is 6.38. The Kier molecular flexibility index (Phi) is 5.85. The Morgan fingerprint density at radius 2 is 2.11 bits per heavy atom. The molecule has 0 amide bonds. The molecule has 0 fully saturated rings. The molecule has 0 bridgehead atoms. The van der Waals surface area contributed by atoms with Crippen molar-refractivity contribution in [3.8, 4) is 0 Å². The fraction of sp³-hybridized carbons (Fsp3) is 0.583. The third kappa shape index (κ3) is 4.14. The van der Waals surface area contributed by atoms with Gasteiger partial charge in [0, 0.05) is 18.5 Å². The maximum atomic E-state index is 11.2. The lowest BCUT2D eigenvalue weighted by molar-refractivity contribution is -0.142. The van der Waals surface area contributed by atoms with Gasteiger partial charge in [-0.3, -0.25) is 4.79 Å². The Balaban J connectivity index is 2.61. The molecule has 0 unspecified atom stereocenters. The first-order chi connectivity index (χ1) is 8.58. The van der Waals surface area contributed by atoms with Gasteiger partial charge in [-0.1, -0.05) is 18.5 Å². The molecule has 0 spiro atoms. The molecule has 1 aromatic heterocycles. The molecule has 0 aliphatic heterocycles. The van der Waals surface area contributed by atoms with Gasteiger partial charge in [0.25, 0.3) is 0 Å². The largest absolute Gasteiger partial charge is 0.466 e. The summed E-state index contributed by atoms with van der Waals surface area (Å²) in [5, 5.41) is 3.53. The van der Waals surface area contributed by atoms with Crippen LogP contribution in [-0.4, -0.2) is 29.1 Å². The number of rotatable bonds is 6. The Hall–Kier alpha value is -1.36. The van der Waals surface area contributed by atoms with Gasteiger partial charge in [0.1, 0.15) is 16.8 Å². The van der Waals surface area contributed by atoms with Crippen molar-refractivity contribution >= 4 is 23.4 Å². The van der Waals surface area contributed by atoms with Crippen LogP contribution in [0.3, 0.4) is 0 Å². The summed E-state index contributed by atoms with van der Waals surface area (Å²) in [6.07, 6.45) is 1.02. The fourth-order valence-corrected chi connectivity index (χ4v) is 1.57. The first-order valence-electron chi connectivity index (χ1n) is 6.01. The molecule has 6 heteroatoms. The van der Waals surface area contributed by atoms with Crippen LogP contribution in [0.1, 0.15) is 31.7 Å². The molecule has 5 nitrogen and oxygen atoms in total. The molecule has 1 heterocycles. The van der Waals surface area contributed by atoms with E-state index in [-0.39, 0.29) is 5.97 Å². The van der Waals surface area contributed by atoms with E-state index in [1.807, 2.05) is 13.8 Å². The maximum Gasteiger partial charge on any atom is 0.307 e. The number of hydrogen-bond acceptors (Lipinski definition) is 5. The number of carbonyl (C=O) groups excluding carboxylic acids is 1.